The Morgan fingerprint density at radius 2 is 1.85 bits per heavy atom. The molecule has 1 unspecified atom stereocenters. The average molecular weight is 377 g/mol. The fourth-order valence-electron chi connectivity index (χ4n) is 3.31. The number of guanidine groups is 1. The lowest BCUT2D eigenvalue weighted by molar-refractivity contribution is -0.140. The lowest BCUT2D eigenvalue weighted by atomic mass is 10.0. The molecule has 2 rings (SSSR count). The summed E-state index contributed by atoms with van der Waals surface area (Å²) in [6, 6.07) is 8.54. The monoisotopic (exact) mass is 376 g/mol. The molecule has 0 bridgehead atoms. The van der Waals surface area contributed by atoms with Crippen LogP contribution in [0.4, 0.5) is 0 Å². The number of aliphatic imine (C=N–C) groups is 1. The molecule has 27 heavy (non-hydrogen) atoms. The fraction of sp³-hybridized carbons (Fsp3) is 0.600. The van der Waals surface area contributed by atoms with Crippen molar-refractivity contribution in [2.24, 2.45) is 4.99 Å². The Bertz CT molecular complexity index is 598. The van der Waals surface area contributed by atoms with E-state index in [0.29, 0.717) is 18.9 Å². The highest BCUT2D eigenvalue weighted by Crippen LogP contribution is 2.25. The van der Waals surface area contributed by atoms with E-state index in [1.54, 1.807) is 14.2 Å². The molecule has 1 fully saturated rings. The van der Waals surface area contributed by atoms with Gasteiger partial charge < -0.3 is 20.1 Å². The number of ether oxygens (including phenoxy) is 2. The van der Waals surface area contributed by atoms with Gasteiger partial charge in [-0.2, -0.15) is 0 Å². The summed E-state index contributed by atoms with van der Waals surface area (Å²) in [7, 11) is 4.81. The molecule has 0 spiro atoms. The molecular weight excluding hydrogens is 344 g/mol. The highest BCUT2D eigenvalue weighted by atomic mass is 16.5. The molecule has 0 amide bonds. The molecule has 1 aromatic rings. The lowest BCUT2D eigenvalue weighted by Gasteiger charge is -2.35. The largest absolute Gasteiger partial charge is 0.497 e. The van der Waals surface area contributed by atoms with Crippen LogP contribution in [0.1, 0.15) is 37.3 Å². The van der Waals surface area contributed by atoms with Crippen LogP contribution < -0.4 is 15.4 Å². The number of esters is 1. The molecule has 2 N–H and O–H groups in total. The van der Waals surface area contributed by atoms with Gasteiger partial charge in [-0.1, -0.05) is 18.6 Å². The molecule has 1 aliphatic rings. The first-order chi connectivity index (χ1) is 13.2. The minimum Gasteiger partial charge on any atom is -0.497 e. The molecule has 1 saturated heterocycles. The second-order valence-electron chi connectivity index (χ2n) is 6.59. The number of piperidine rings is 1. The van der Waals surface area contributed by atoms with Gasteiger partial charge in [0.05, 0.1) is 26.7 Å². The SMILES string of the molecule is CN=C(NCCC(=O)OC)NCC(c1ccc(OC)cc1)N1CCCCC1. The van der Waals surface area contributed by atoms with E-state index >= 15 is 0 Å². The summed E-state index contributed by atoms with van der Waals surface area (Å²) in [6.07, 6.45) is 4.08. The Kier molecular flexibility index (Phi) is 8.91. The molecule has 1 aliphatic heterocycles. The maximum atomic E-state index is 11.3. The van der Waals surface area contributed by atoms with Crippen LogP contribution in [0.15, 0.2) is 29.3 Å². The Labute approximate surface area is 162 Å². The summed E-state index contributed by atoms with van der Waals surface area (Å²) < 4.78 is 9.95. The number of carbonyl (C=O) groups is 1. The molecule has 7 heteroatoms. The van der Waals surface area contributed by atoms with Crippen LogP contribution >= 0.6 is 0 Å². The summed E-state index contributed by atoms with van der Waals surface area (Å²) in [6.45, 7) is 3.44. The van der Waals surface area contributed by atoms with Crippen molar-refractivity contribution < 1.29 is 14.3 Å². The van der Waals surface area contributed by atoms with E-state index in [0.717, 1.165) is 25.4 Å². The standard InChI is InChI=1S/C20H32N4O3/c1-21-20(22-12-11-19(25)27-3)23-15-18(24-13-5-4-6-14-24)16-7-9-17(26-2)10-8-16/h7-10,18H,4-6,11-15H2,1-3H3,(H2,21,22,23). The first kappa shape index (κ1) is 21.0. The van der Waals surface area contributed by atoms with E-state index in [1.807, 2.05) is 12.1 Å². The van der Waals surface area contributed by atoms with Gasteiger partial charge in [-0.05, 0) is 43.6 Å². The molecule has 1 heterocycles. The van der Waals surface area contributed by atoms with E-state index in [-0.39, 0.29) is 12.0 Å². The molecule has 1 aromatic carbocycles. The van der Waals surface area contributed by atoms with Crippen LogP contribution in [0, 0.1) is 0 Å². The summed E-state index contributed by atoms with van der Waals surface area (Å²) in [5.74, 6) is 1.32. The fourth-order valence-corrected chi connectivity index (χ4v) is 3.31. The number of rotatable bonds is 8. The third kappa shape index (κ3) is 6.75. The summed E-state index contributed by atoms with van der Waals surface area (Å²) >= 11 is 0. The van der Waals surface area contributed by atoms with Crippen LogP contribution in [0.3, 0.4) is 0 Å². The molecule has 0 saturated carbocycles. The molecule has 0 aliphatic carbocycles. The van der Waals surface area contributed by atoms with E-state index in [2.05, 4.69) is 37.4 Å². The van der Waals surface area contributed by atoms with Crippen LogP contribution in [-0.2, 0) is 9.53 Å². The average Bonchev–Trinajstić information content (AvgIpc) is 2.73. The van der Waals surface area contributed by atoms with Crippen molar-refractivity contribution in [3.8, 4) is 5.75 Å². The first-order valence-electron chi connectivity index (χ1n) is 9.57. The van der Waals surface area contributed by atoms with E-state index in [9.17, 15) is 4.79 Å². The van der Waals surface area contributed by atoms with Gasteiger partial charge in [0.15, 0.2) is 5.96 Å². The number of methoxy groups -OCH3 is 2. The van der Waals surface area contributed by atoms with Crippen molar-refractivity contribution in [1.82, 2.24) is 15.5 Å². The van der Waals surface area contributed by atoms with E-state index in [4.69, 9.17) is 4.74 Å². The summed E-state index contributed by atoms with van der Waals surface area (Å²) in [5.41, 5.74) is 1.26. The van der Waals surface area contributed by atoms with Crippen LogP contribution in [-0.4, -0.2) is 64.3 Å². The third-order valence-electron chi connectivity index (χ3n) is 4.87. The normalized spacial score (nSPS) is 16.5. The zero-order valence-electron chi connectivity index (χ0n) is 16.7. The quantitative estimate of drug-likeness (QED) is 0.410. The lowest BCUT2D eigenvalue weighted by Crippen LogP contribution is -2.44. The second kappa shape index (κ2) is 11.4. The Balaban J connectivity index is 1.98. The van der Waals surface area contributed by atoms with Gasteiger partial charge in [0.2, 0.25) is 0 Å². The zero-order chi connectivity index (χ0) is 19.5. The summed E-state index contributed by atoms with van der Waals surface area (Å²) in [4.78, 5) is 18.0. The van der Waals surface area contributed by atoms with Crippen molar-refractivity contribution in [2.45, 2.75) is 31.7 Å². The van der Waals surface area contributed by atoms with Crippen LogP contribution in [0.5, 0.6) is 5.75 Å². The molecule has 7 nitrogen and oxygen atoms in total. The van der Waals surface area contributed by atoms with Gasteiger partial charge in [-0.15, -0.1) is 0 Å². The van der Waals surface area contributed by atoms with Crippen molar-refractivity contribution >= 4 is 11.9 Å². The number of nitrogens with zero attached hydrogens (tertiary/aromatic N) is 2. The molecule has 0 aromatic heterocycles. The minimum absolute atomic E-state index is 0.234. The Morgan fingerprint density at radius 3 is 2.44 bits per heavy atom. The van der Waals surface area contributed by atoms with Crippen molar-refractivity contribution in [3.63, 3.8) is 0 Å². The number of likely N-dealkylation sites (tertiary alicyclic amines) is 1. The highest BCUT2D eigenvalue weighted by Gasteiger charge is 2.22. The second-order valence-corrected chi connectivity index (χ2v) is 6.59. The van der Waals surface area contributed by atoms with E-state index < -0.39 is 0 Å². The molecular formula is C20H32N4O3. The Morgan fingerprint density at radius 1 is 1.15 bits per heavy atom. The van der Waals surface area contributed by atoms with Crippen molar-refractivity contribution in [1.29, 1.82) is 0 Å². The van der Waals surface area contributed by atoms with Gasteiger partial charge in [-0.3, -0.25) is 14.7 Å². The Hall–Kier alpha value is -2.28. The molecule has 150 valence electrons. The third-order valence-corrected chi connectivity index (χ3v) is 4.87. The smallest absolute Gasteiger partial charge is 0.307 e. The number of hydrogen-bond acceptors (Lipinski definition) is 5. The summed E-state index contributed by atoms with van der Waals surface area (Å²) in [5, 5.41) is 6.56. The number of nitrogens with one attached hydrogen (secondary N) is 2. The van der Waals surface area contributed by atoms with Crippen molar-refractivity contribution in [2.75, 3.05) is 47.4 Å². The number of carbonyl (C=O) groups excluding carboxylic acids is 1. The minimum atomic E-state index is -0.234. The van der Waals surface area contributed by atoms with Gasteiger partial charge >= 0.3 is 5.97 Å². The van der Waals surface area contributed by atoms with Gasteiger partial charge in [-0.25, -0.2) is 0 Å². The predicted octanol–water partition coefficient (Wildman–Crippen LogP) is 1.95. The van der Waals surface area contributed by atoms with Crippen LogP contribution in [0.2, 0.25) is 0 Å². The van der Waals surface area contributed by atoms with Gasteiger partial charge in [0.1, 0.15) is 5.75 Å². The maximum Gasteiger partial charge on any atom is 0.307 e. The van der Waals surface area contributed by atoms with E-state index in [1.165, 1.54) is 31.9 Å². The van der Waals surface area contributed by atoms with Gasteiger partial charge in [0.25, 0.3) is 0 Å². The topological polar surface area (TPSA) is 75.2 Å². The first-order valence-corrected chi connectivity index (χ1v) is 9.57. The van der Waals surface area contributed by atoms with Gasteiger partial charge in [0, 0.05) is 20.1 Å². The zero-order valence-corrected chi connectivity index (χ0v) is 16.7. The predicted molar refractivity (Wildman–Crippen MR) is 107 cm³/mol. The maximum absolute atomic E-state index is 11.3. The highest BCUT2D eigenvalue weighted by molar-refractivity contribution is 5.80. The van der Waals surface area contributed by atoms with Crippen molar-refractivity contribution in [3.05, 3.63) is 29.8 Å². The van der Waals surface area contributed by atoms with Crippen LogP contribution in [0.25, 0.3) is 0 Å². The molecule has 1 atom stereocenters. The number of hydrogen-bond donors (Lipinski definition) is 2. The number of benzene rings is 1. The molecule has 0 radical (unpaired) electrons.